The summed E-state index contributed by atoms with van der Waals surface area (Å²) in [7, 11) is 0. The maximum absolute atomic E-state index is 12.3. The minimum atomic E-state index is 0.120. The monoisotopic (exact) mass is 283 g/mol. The zero-order chi connectivity index (χ0) is 14.9. The zero-order valence-corrected chi connectivity index (χ0v) is 12.9. The van der Waals surface area contributed by atoms with Gasteiger partial charge in [0.15, 0.2) is 5.78 Å². The quantitative estimate of drug-likeness (QED) is 0.513. The SMILES string of the molecule is CCCCCCCN1C=CC(C(=O)c2ccccc2)=CC1. The summed E-state index contributed by atoms with van der Waals surface area (Å²) in [5.74, 6) is 0.120. The standard InChI is InChI=1S/C19H25NO/c1-2-3-4-5-9-14-20-15-12-18(13-16-20)19(21)17-10-7-6-8-11-17/h6-8,10-13,15H,2-5,9,14,16H2,1H3. The van der Waals surface area contributed by atoms with E-state index in [2.05, 4.69) is 18.0 Å². The summed E-state index contributed by atoms with van der Waals surface area (Å²) in [6.45, 7) is 4.17. The van der Waals surface area contributed by atoms with Crippen LogP contribution in [0.5, 0.6) is 0 Å². The predicted octanol–water partition coefficient (Wildman–Crippen LogP) is 4.60. The minimum Gasteiger partial charge on any atom is -0.374 e. The van der Waals surface area contributed by atoms with Crippen LogP contribution in [0.25, 0.3) is 0 Å². The number of Topliss-reactive ketones (excluding diaryl/α,β-unsaturated/α-hetero) is 1. The molecule has 1 aliphatic rings. The van der Waals surface area contributed by atoms with E-state index >= 15 is 0 Å². The Bertz CT molecular complexity index is 502. The fourth-order valence-corrected chi connectivity index (χ4v) is 2.54. The molecule has 2 rings (SSSR count). The van der Waals surface area contributed by atoms with E-state index in [0.717, 1.165) is 24.2 Å². The van der Waals surface area contributed by atoms with E-state index in [9.17, 15) is 4.79 Å². The molecule has 2 nitrogen and oxygen atoms in total. The van der Waals surface area contributed by atoms with E-state index in [1.165, 1.54) is 32.1 Å². The van der Waals surface area contributed by atoms with Crippen molar-refractivity contribution in [3.05, 3.63) is 59.8 Å². The first-order valence-electron chi connectivity index (χ1n) is 8.03. The van der Waals surface area contributed by atoms with Gasteiger partial charge in [-0.3, -0.25) is 4.79 Å². The lowest BCUT2D eigenvalue weighted by Crippen LogP contribution is -2.22. The van der Waals surface area contributed by atoms with Crippen LogP contribution in [-0.2, 0) is 0 Å². The third-order valence-electron chi connectivity index (χ3n) is 3.86. The number of allylic oxidation sites excluding steroid dienone is 2. The summed E-state index contributed by atoms with van der Waals surface area (Å²) in [6.07, 6.45) is 12.6. The Morgan fingerprint density at radius 3 is 2.52 bits per heavy atom. The third-order valence-corrected chi connectivity index (χ3v) is 3.86. The number of nitrogens with zero attached hydrogens (tertiary/aromatic N) is 1. The molecule has 0 aliphatic carbocycles. The molecular formula is C19H25NO. The van der Waals surface area contributed by atoms with Crippen molar-refractivity contribution < 1.29 is 4.79 Å². The number of hydrogen-bond donors (Lipinski definition) is 0. The van der Waals surface area contributed by atoms with Gasteiger partial charge in [0.1, 0.15) is 0 Å². The van der Waals surface area contributed by atoms with Crippen LogP contribution in [0.3, 0.4) is 0 Å². The van der Waals surface area contributed by atoms with Crippen LogP contribution in [0.15, 0.2) is 54.3 Å². The van der Waals surface area contributed by atoms with Gasteiger partial charge in [0.05, 0.1) is 0 Å². The van der Waals surface area contributed by atoms with Crippen LogP contribution in [-0.4, -0.2) is 23.8 Å². The average molecular weight is 283 g/mol. The van der Waals surface area contributed by atoms with Crippen LogP contribution in [0.2, 0.25) is 0 Å². The first-order valence-corrected chi connectivity index (χ1v) is 8.03. The number of carbonyl (C=O) groups excluding carboxylic acids is 1. The summed E-state index contributed by atoms with van der Waals surface area (Å²) in [4.78, 5) is 14.6. The fraction of sp³-hybridized carbons (Fsp3) is 0.421. The number of carbonyl (C=O) groups is 1. The van der Waals surface area contributed by atoms with Gasteiger partial charge in [0, 0.05) is 30.4 Å². The topological polar surface area (TPSA) is 20.3 Å². The summed E-state index contributed by atoms with van der Waals surface area (Å²) >= 11 is 0. The summed E-state index contributed by atoms with van der Waals surface area (Å²) < 4.78 is 0. The smallest absolute Gasteiger partial charge is 0.192 e. The first kappa shape index (κ1) is 15.6. The van der Waals surface area contributed by atoms with E-state index < -0.39 is 0 Å². The average Bonchev–Trinajstić information content (AvgIpc) is 2.55. The number of hydrogen-bond acceptors (Lipinski definition) is 2. The number of rotatable bonds is 8. The van der Waals surface area contributed by atoms with E-state index in [4.69, 9.17) is 0 Å². The maximum atomic E-state index is 12.3. The van der Waals surface area contributed by atoms with Gasteiger partial charge in [-0.2, -0.15) is 0 Å². The van der Waals surface area contributed by atoms with Crippen LogP contribution < -0.4 is 0 Å². The molecular weight excluding hydrogens is 258 g/mol. The largest absolute Gasteiger partial charge is 0.374 e. The van der Waals surface area contributed by atoms with Gasteiger partial charge in [-0.05, 0) is 12.5 Å². The predicted molar refractivity (Wildman–Crippen MR) is 88.3 cm³/mol. The highest BCUT2D eigenvalue weighted by Gasteiger charge is 2.12. The first-order chi connectivity index (χ1) is 10.3. The minimum absolute atomic E-state index is 0.120. The van der Waals surface area contributed by atoms with Crippen LogP contribution in [0.1, 0.15) is 49.4 Å². The van der Waals surface area contributed by atoms with Crippen molar-refractivity contribution >= 4 is 5.78 Å². The van der Waals surface area contributed by atoms with Crippen molar-refractivity contribution in [3.63, 3.8) is 0 Å². The molecule has 0 fully saturated rings. The highest BCUT2D eigenvalue weighted by molar-refractivity contribution is 6.10. The Labute approximate surface area is 128 Å². The van der Waals surface area contributed by atoms with Crippen molar-refractivity contribution in [3.8, 4) is 0 Å². The van der Waals surface area contributed by atoms with E-state index in [1.807, 2.05) is 42.5 Å². The molecule has 1 aromatic rings. The van der Waals surface area contributed by atoms with Gasteiger partial charge in [-0.15, -0.1) is 0 Å². The van der Waals surface area contributed by atoms with Gasteiger partial charge in [-0.25, -0.2) is 0 Å². The van der Waals surface area contributed by atoms with Crippen molar-refractivity contribution in [1.29, 1.82) is 0 Å². The maximum Gasteiger partial charge on any atom is 0.192 e. The van der Waals surface area contributed by atoms with Crippen molar-refractivity contribution in [2.45, 2.75) is 39.0 Å². The normalized spacial score (nSPS) is 14.1. The highest BCUT2D eigenvalue weighted by atomic mass is 16.1. The lowest BCUT2D eigenvalue weighted by molar-refractivity contribution is 0.103. The van der Waals surface area contributed by atoms with Gasteiger partial charge >= 0.3 is 0 Å². The number of ketones is 1. The molecule has 0 saturated heterocycles. The second-order valence-corrected chi connectivity index (χ2v) is 5.58. The Kier molecular flexibility index (Phi) is 6.26. The molecule has 2 heteroatoms. The van der Waals surface area contributed by atoms with Crippen LogP contribution in [0.4, 0.5) is 0 Å². The third kappa shape index (κ3) is 4.89. The molecule has 0 radical (unpaired) electrons. The highest BCUT2D eigenvalue weighted by Crippen LogP contribution is 2.14. The molecule has 112 valence electrons. The molecule has 0 spiro atoms. The van der Waals surface area contributed by atoms with Crippen molar-refractivity contribution in [2.24, 2.45) is 0 Å². The van der Waals surface area contributed by atoms with Crippen molar-refractivity contribution in [1.82, 2.24) is 4.90 Å². The molecule has 1 heterocycles. The van der Waals surface area contributed by atoms with Crippen LogP contribution in [0, 0.1) is 0 Å². The Morgan fingerprint density at radius 1 is 1.10 bits per heavy atom. The van der Waals surface area contributed by atoms with E-state index in [1.54, 1.807) is 0 Å². The molecule has 1 aliphatic heterocycles. The summed E-state index contributed by atoms with van der Waals surface area (Å²) in [5.41, 5.74) is 1.57. The van der Waals surface area contributed by atoms with Crippen molar-refractivity contribution in [2.75, 3.05) is 13.1 Å². The second kappa shape index (κ2) is 8.46. The van der Waals surface area contributed by atoms with Crippen LogP contribution >= 0.6 is 0 Å². The fourth-order valence-electron chi connectivity index (χ4n) is 2.54. The van der Waals surface area contributed by atoms with E-state index in [0.29, 0.717) is 0 Å². The molecule has 0 saturated carbocycles. The summed E-state index contributed by atoms with van der Waals surface area (Å²) in [5, 5.41) is 0. The lowest BCUT2D eigenvalue weighted by Gasteiger charge is -2.22. The van der Waals surface area contributed by atoms with Gasteiger partial charge in [0.2, 0.25) is 0 Å². The van der Waals surface area contributed by atoms with Gasteiger partial charge < -0.3 is 4.90 Å². The molecule has 1 aromatic carbocycles. The zero-order valence-electron chi connectivity index (χ0n) is 12.9. The Balaban J connectivity index is 1.78. The number of benzene rings is 1. The van der Waals surface area contributed by atoms with Gasteiger partial charge in [-0.1, -0.05) is 69.0 Å². The number of unbranched alkanes of at least 4 members (excludes halogenated alkanes) is 4. The Hall–Kier alpha value is -1.83. The molecule has 0 aromatic heterocycles. The molecule has 0 amide bonds. The molecule has 0 unspecified atom stereocenters. The summed E-state index contributed by atoms with van der Waals surface area (Å²) in [6, 6.07) is 9.49. The van der Waals surface area contributed by atoms with E-state index in [-0.39, 0.29) is 5.78 Å². The molecule has 0 N–H and O–H groups in total. The molecule has 0 atom stereocenters. The Morgan fingerprint density at radius 2 is 1.86 bits per heavy atom. The lowest BCUT2D eigenvalue weighted by atomic mass is 10.0. The van der Waals surface area contributed by atoms with Gasteiger partial charge in [0.25, 0.3) is 0 Å². The second-order valence-electron chi connectivity index (χ2n) is 5.58. The molecule has 21 heavy (non-hydrogen) atoms. The molecule has 0 bridgehead atoms.